The third-order valence-corrected chi connectivity index (χ3v) is 23.8. The van der Waals surface area contributed by atoms with Crippen molar-refractivity contribution in [3.63, 3.8) is 0 Å². The molecule has 3 aliphatic rings. The van der Waals surface area contributed by atoms with Crippen LogP contribution in [0.1, 0.15) is 165 Å². The van der Waals surface area contributed by atoms with Crippen LogP contribution in [0.5, 0.6) is 23.0 Å². The molecule has 0 radical (unpaired) electrons. The van der Waals surface area contributed by atoms with Gasteiger partial charge < -0.3 is 80.0 Å². The molecule has 16 rings (SSSR count). The second kappa shape index (κ2) is 54.7. The number of fused-ring (bicyclic) bond motifs is 4. The van der Waals surface area contributed by atoms with Crippen LogP contribution in [0, 0.1) is 34.1 Å². The summed E-state index contributed by atoms with van der Waals surface area (Å²) in [5, 5.41) is 52.7. The number of carbonyl (C=O) groups excluding carboxylic acids is 9. The Morgan fingerprint density at radius 3 is 1.08 bits per heavy atom. The Morgan fingerprint density at radius 1 is 0.443 bits per heavy atom. The van der Waals surface area contributed by atoms with Gasteiger partial charge in [-0.2, -0.15) is 34.0 Å². The summed E-state index contributed by atoms with van der Waals surface area (Å²) >= 11 is 0. The summed E-state index contributed by atoms with van der Waals surface area (Å²) < 4.78 is 115. The third kappa shape index (κ3) is 32.3. The quantitative estimate of drug-likeness (QED) is 0.00740. The number of halogens is 4. The molecule has 38 nitrogen and oxygen atoms in total. The molecular formula is C106H120F4N18O20S. The molecule has 13 aromatic rings. The first-order valence-electron chi connectivity index (χ1n) is 47.8. The predicted octanol–water partition coefficient (Wildman–Crippen LogP) is 13.0. The number of benzene rings is 8. The van der Waals surface area contributed by atoms with Gasteiger partial charge in [-0.25, -0.2) is 17.6 Å². The first-order chi connectivity index (χ1) is 71.7. The lowest BCUT2D eigenvalue weighted by Gasteiger charge is -2.27. The van der Waals surface area contributed by atoms with Crippen LogP contribution in [0.4, 0.5) is 17.6 Å². The van der Waals surface area contributed by atoms with Crippen molar-refractivity contribution >= 4 is 156 Å². The number of aromatic amines is 5. The molecule has 7 amide bonds. The monoisotopic (exact) mass is 2070 g/mol. The largest absolute Gasteiger partial charge is 0.495 e. The Bertz CT molecular complexity index is 7130. The summed E-state index contributed by atoms with van der Waals surface area (Å²) in [6.45, 7) is 12.7. The summed E-state index contributed by atoms with van der Waals surface area (Å²) in [5.41, 5.74) is 8.30. The Kier molecular flexibility index (Phi) is 41.4. The number of methoxy groups -OCH3 is 4. The van der Waals surface area contributed by atoms with Gasteiger partial charge in [0.25, 0.3) is 39.3 Å². The van der Waals surface area contributed by atoms with Gasteiger partial charge in [0.1, 0.15) is 46.3 Å². The molecule has 0 bridgehead atoms. The number of nitrogens with one attached hydrogen (secondary N) is 12. The van der Waals surface area contributed by atoms with E-state index in [9.17, 15) is 73.9 Å². The van der Waals surface area contributed by atoms with E-state index in [2.05, 4.69) is 87.3 Å². The van der Waals surface area contributed by atoms with E-state index in [1.807, 2.05) is 45.8 Å². The molecule has 12 N–H and O–H groups in total. The first kappa shape index (κ1) is 113. The van der Waals surface area contributed by atoms with E-state index >= 15 is 0 Å². The zero-order valence-electron chi connectivity index (χ0n) is 84.2. The van der Waals surface area contributed by atoms with Crippen molar-refractivity contribution in [1.82, 2.24) is 93.0 Å². The van der Waals surface area contributed by atoms with Crippen molar-refractivity contribution in [2.75, 3.05) is 134 Å². The number of rotatable bonds is 38. The molecule has 6 heterocycles. The average molecular weight is 2070 g/mol. The molecular weight excluding hydrogens is 1950 g/mol. The molecule has 0 spiro atoms. The fourth-order valence-corrected chi connectivity index (χ4v) is 15.7. The van der Waals surface area contributed by atoms with Gasteiger partial charge in [0.05, 0.1) is 180 Å². The van der Waals surface area contributed by atoms with E-state index < -0.39 is 39.2 Å². The number of unbranched alkanes of at least 4 members (excludes halogenated alkanes) is 1. The van der Waals surface area contributed by atoms with Gasteiger partial charge in [-0.15, -0.1) is 0 Å². The van der Waals surface area contributed by atoms with Gasteiger partial charge in [0, 0.05) is 51.9 Å². The van der Waals surface area contributed by atoms with Crippen LogP contribution in [-0.4, -0.2) is 252 Å². The minimum Gasteiger partial charge on any atom is -0.495 e. The molecule has 2 aliphatic carbocycles. The number of hydrogen-bond acceptors (Lipinski definition) is 26. The molecule has 1 saturated heterocycles. The van der Waals surface area contributed by atoms with Crippen LogP contribution in [-0.2, 0) is 54.3 Å². The van der Waals surface area contributed by atoms with Crippen molar-refractivity contribution in [1.29, 1.82) is 0 Å². The fourth-order valence-electron chi connectivity index (χ4n) is 15.3. The average Bonchev–Trinajstić information content (AvgIpc) is 1.67. The van der Waals surface area contributed by atoms with E-state index in [0.29, 0.717) is 170 Å². The summed E-state index contributed by atoms with van der Waals surface area (Å²) in [6, 6.07) is 38.8. The van der Waals surface area contributed by atoms with E-state index in [0.717, 1.165) is 80.2 Å². The molecule has 788 valence electrons. The highest BCUT2D eigenvalue weighted by molar-refractivity contribution is 7.86. The van der Waals surface area contributed by atoms with Crippen LogP contribution in [0.2, 0.25) is 0 Å². The first-order valence-corrected chi connectivity index (χ1v) is 49.6. The van der Waals surface area contributed by atoms with Crippen LogP contribution in [0.3, 0.4) is 0 Å². The lowest BCUT2D eigenvalue weighted by Crippen LogP contribution is -2.49. The Labute approximate surface area is 855 Å². The third-order valence-electron chi connectivity index (χ3n) is 23.3. The second-order valence-corrected chi connectivity index (χ2v) is 36.2. The number of aromatic nitrogens is 9. The number of H-pyrrole nitrogens is 5. The molecule has 1 aliphatic heterocycles. The molecule has 2 saturated carbocycles. The topological polar surface area (TPSA) is 504 Å². The molecule has 8 aromatic carbocycles. The van der Waals surface area contributed by atoms with Crippen LogP contribution in [0.25, 0.3) is 92.2 Å². The Balaban J connectivity index is 0.000000174. The van der Waals surface area contributed by atoms with Gasteiger partial charge in [-0.3, -0.25) is 72.5 Å². The Hall–Kier alpha value is -16.4. The Morgan fingerprint density at radius 2 is 0.779 bits per heavy atom. The van der Waals surface area contributed by atoms with E-state index in [4.69, 9.17) is 32.9 Å². The summed E-state index contributed by atoms with van der Waals surface area (Å²) in [5.74, 6) is -2.12. The van der Waals surface area contributed by atoms with Crippen molar-refractivity contribution in [2.24, 2.45) is 10.8 Å². The highest BCUT2D eigenvalue weighted by Gasteiger charge is 2.53. The smallest absolute Gasteiger partial charge is 0.314 e. The number of ether oxygens (including phenoxy) is 6. The number of nitrogens with zero attached hydrogens (tertiary/aromatic N) is 6. The maximum absolute atomic E-state index is 13.1. The maximum Gasteiger partial charge on any atom is 0.314 e. The minimum absolute atomic E-state index is 0.0151. The fraction of sp³-hybridized carbons (Fsp3) is 0.321. The van der Waals surface area contributed by atoms with Crippen LogP contribution < -0.4 is 61.7 Å². The number of esters is 2. The van der Waals surface area contributed by atoms with Crippen molar-refractivity contribution in [3.05, 3.63) is 258 Å². The molecule has 43 heteroatoms. The molecule has 149 heavy (non-hydrogen) atoms. The summed E-state index contributed by atoms with van der Waals surface area (Å²) in [4.78, 5) is 124. The normalized spacial score (nSPS) is 13.2. The van der Waals surface area contributed by atoms with E-state index in [1.54, 1.807) is 151 Å². The van der Waals surface area contributed by atoms with Crippen molar-refractivity contribution in [2.45, 2.75) is 79.2 Å². The maximum atomic E-state index is 13.1. The molecule has 3 fully saturated rings. The van der Waals surface area contributed by atoms with E-state index in [-0.39, 0.29) is 96.7 Å². The van der Waals surface area contributed by atoms with E-state index in [1.165, 1.54) is 83.0 Å². The zero-order valence-corrected chi connectivity index (χ0v) is 85.0. The number of carbonyl (C=O) groups is 9. The highest BCUT2D eigenvalue weighted by Crippen LogP contribution is 2.48. The van der Waals surface area contributed by atoms with Gasteiger partial charge in [0.2, 0.25) is 17.7 Å². The van der Waals surface area contributed by atoms with Gasteiger partial charge in [-0.05, 0) is 210 Å². The summed E-state index contributed by atoms with van der Waals surface area (Å²) in [6.07, 6.45) is 21.3. The lowest BCUT2D eigenvalue weighted by molar-refractivity contribution is -0.151. The molecule has 0 unspecified atom stereocenters. The van der Waals surface area contributed by atoms with Gasteiger partial charge >= 0.3 is 11.9 Å². The predicted molar refractivity (Wildman–Crippen MR) is 556 cm³/mol. The molecule has 5 aromatic heterocycles. The van der Waals surface area contributed by atoms with Crippen molar-refractivity contribution in [3.8, 4) is 23.0 Å². The van der Waals surface area contributed by atoms with Gasteiger partial charge in [0.15, 0.2) is 5.76 Å². The van der Waals surface area contributed by atoms with Gasteiger partial charge in [-0.1, -0.05) is 93.1 Å². The number of hydrogen-bond donors (Lipinski definition) is 12. The second-order valence-electron chi connectivity index (χ2n) is 34.6. The zero-order chi connectivity index (χ0) is 107. The number of amides is 7. The van der Waals surface area contributed by atoms with Crippen LogP contribution >= 0.6 is 0 Å². The minimum atomic E-state index is -3.47. The standard InChI is InChI=1S/C23H24FN5O3.C23H25FN4O3.C22H23FN4O3.C21H17FN4O4.C9H17NO2.C8H14O5S/c1-32-22-17(23(31)26-14-20(30)29-12-10-25-11-13-29)7-9-19-21(22)18(27-28-19)8-4-15-2-5-16(24)6-3-15;1-3-4-13-25-20(29)14-26-23(30)17-10-12-19-21(22(17)31-2)18(27-28-19)11-7-15-5-8-16(24)9-6-15;1-3-12-24-19(28)13-25-22(29)16-9-11-18-20(21(16)30-2)17(26-27-18)10-6-14-4-7-15(23)8-5-14;1-29-20-15(21(28)23-11-14-10-18(27)26-30-14)7-9-17-19(20)16(24-25-17)8-4-12-2-5-13(22)6-3-12;1-4-12-8(11)9(5-6-9)7-10(2)3;1-3-12-7(9)8(4-5-8)6-13-14(2,10)11/h2-9,25H,10-14H2,1H3,(H,26,31)(H,27,28);5-12H,3-4,13-14H2,1-2H3,(H,25,29)(H,26,30)(H,27,28);4-11H,3,12-13H2,1-2H3,(H,24,28)(H,25,29)(H,26,27);2-10H,11H2,1H3,(H,23,28)(H,24,25)(H,26,27);4-7H2,1-3H3;3-6H2,1-2H3/b8-4+;11-7+;10-6+;8-4+;;. The van der Waals surface area contributed by atoms with Crippen molar-refractivity contribution < 1.29 is 106 Å². The summed E-state index contributed by atoms with van der Waals surface area (Å²) in [7, 11) is 6.40. The highest BCUT2D eigenvalue weighted by atomic mass is 32.2. The SMILES string of the molecule is CCCCNC(=O)CNC(=O)c1ccc2n[nH]c(/C=C/c3ccc(F)cc3)c2c1OC.CCCNC(=O)CNC(=O)c1ccc2n[nH]c(/C=C/c3ccc(F)cc3)c2c1OC.CCOC(=O)C1(CN(C)C)CC1.CCOC(=O)C1(COS(C)(=O)=O)CC1.COc1c(C(=O)NCC(=O)N2CCNCC2)ccc2n[nH]c(/C=C/c3ccc(F)cc3)c12.COc1c(C(=O)NCc2cc(=O)[nH]o2)ccc2n[nH]c(/C=C/c3ccc(F)cc3)c12. The lowest BCUT2D eigenvalue weighted by atomic mass is 10.1. The molecule has 0 atom stereocenters. The van der Waals surface area contributed by atoms with Crippen LogP contribution in [0.15, 0.2) is 161 Å². The number of piperazine rings is 1.